The van der Waals surface area contributed by atoms with Crippen molar-refractivity contribution in [3.05, 3.63) is 64.6 Å². The smallest absolute Gasteiger partial charge is 0.273 e. The van der Waals surface area contributed by atoms with E-state index in [1.54, 1.807) is 12.1 Å². The maximum Gasteiger partial charge on any atom is 0.273 e. The molecule has 2 aliphatic carbocycles. The van der Waals surface area contributed by atoms with Crippen LogP contribution in [0, 0.1) is 0 Å². The Bertz CT molecular complexity index is 1290. The second-order valence-corrected chi connectivity index (χ2v) is 11.3. The van der Waals surface area contributed by atoms with Gasteiger partial charge in [0.25, 0.3) is 17.7 Å². The molecule has 10 heteroatoms. The molecule has 2 heterocycles. The second-order valence-electron chi connectivity index (χ2n) is 10.5. The first-order chi connectivity index (χ1) is 18.9. The van der Waals surface area contributed by atoms with Gasteiger partial charge < -0.3 is 21.2 Å². The van der Waals surface area contributed by atoms with Gasteiger partial charge in [-0.2, -0.15) is 4.37 Å². The molecular weight excluding hydrogens is 514 g/mol. The number of nitrogens with zero attached hydrogens (tertiary/aromatic N) is 2. The number of primary amides is 1. The fourth-order valence-corrected chi connectivity index (χ4v) is 6.56. The number of carbonyl (C=O) groups is 3. The monoisotopic (exact) mass is 549 g/mol. The molecule has 2 saturated carbocycles. The number of benzene rings is 1. The van der Waals surface area contributed by atoms with Gasteiger partial charge >= 0.3 is 0 Å². The first-order valence-electron chi connectivity index (χ1n) is 13.8. The Balaban J connectivity index is 1.55. The van der Waals surface area contributed by atoms with Gasteiger partial charge in [0.15, 0.2) is 11.7 Å². The molecule has 2 aromatic heterocycles. The molecule has 0 saturated heterocycles. The SMILES string of the molecule is NC(=O)c1nsc(C(=O)N(c2ccc(C3CCCCC3)cc2)[C@@H](C(=O)NC2CCCCC2)c2ccco2)c1N. The van der Waals surface area contributed by atoms with Crippen LogP contribution in [0.25, 0.3) is 0 Å². The quantitative estimate of drug-likeness (QED) is 0.348. The Kier molecular flexibility index (Phi) is 8.30. The number of hydrogen-bond acceptors (Lipinski definition) is 7. The van der Waals surface area contributed by atoms with Crippen LogP contribution in [0.4, 0.5) is 11.4 Å². The summed E-state index contributed by atoms with van der Waals surface area (Å²) in [5.74, 6) is -0.888. The van der Waals surface area contributed by atoms with Crippen LogP contribution in [0.2, 0.25) is 0 Å². The van der Waals surface area contributed by atoms with Gasteiger partial charge in [0.1, 0.15) is 10.6 Å². The Hall–Kier alpha value is -3.66. The summed E-state index contributed by atoms with van der Waals surface area (Å²) in [5.41, 5.74) is 13.1. The first-order valence-corrected chi connectivity index (χ1v) is 14.5. The minimum atomic E-state index is -1.09. The molecule has 0 bridgehead atoms. The lowest BCUT2D eigenvalue weighted by Gasteiger charge is -2.32. The van der Waals surface area contributed by atoms with Crippen molar-refractivity contribution in [1.29, 1.82) is 0 Å². The zero-order chi connectivity index (χ0) is 27.4. The number of nitrogens with two attached hydrogens (primary N) is 2. The third-order valence-corrected chi connectivity index (χ3v) is 8.74. The molecule has 9 nitrogen and oxygen atoms in total. The molecule has 0 radical (unpaired) electrons. The summed E-state index contributed by atoms with van der Waals surface area (Å²) in [6.07, 6.45) is 12.5. The van der Waals surface area contributed by atoms with Gasteiger partial charge in [-0.05, 0) is 73.0 Å². The molecule has 0 aliphatic heterocycles. The summed E-state index contributed by atoms with van der Waals surface area (Å²) < 4.78 is 9.73. The molecule has 39 heavy (non-hydrogen) atoms. The molecular formula is C29H35N5O4S. The van der Waals surface area contributed by atoms with Crippen LogP contribution in [0.15, 0.2) is 47.1 Å². The number of nitrogens with one attached hydrogen (secondary N) is 1. The third kappa shape index (κ3) is 5.85. The Labute approximate surface area is 232 Å². The molecule has 1 aromatic carbocycles. The van der Waals surface area contributed by atoms with Crippen molar-refractivity contribution in [2.75, 3.05) is 10.6 Å². The first kappa shape index (κ1) is 26.9. The van der Waals surface area contributed by atoms with E-state index in [0.29, 0.717) is 17.4 Å². The van der Waals surface area contributed by atoms with Crippen molar-refractivity contribution >= 4 is 40.6 Å². The standard InChI is InChI=1S/C29H35N5O4S/c30-23-24(27(31)35)33-39-26(23)29(37)34(21-15-13-19(14-16-21)18-8-3-1-4-9-18)25(22-12-7-17-38-22)28(36)32-20-10-5-2-6-11-20/h7,12-18,20,25H,1-6,8-11,30H2,(H2,31,35)(H,32,36)/t25-/m1/s1. The van der Waals surface area contributed by atoms with Crippen molar-refractivity contribution in [1.82, 2.24) is 9.69 Å². The number of aromatic nitrogens is 1. The summed E-state index contributed by atoms with van der Waals surface area (Å²) in [6, 6.07) is 10.1. The van der Waals surface area contributed by atoms with E-state index in [4.69, 9.17) is 15.9 Å². The lowest BCUT2D eigenvalue weighted by molar-refractivity contribution is -0.123. The summed E-state index contributed by atoms with van der Waals surface area (Å²) in [5, 5.41) is 3.15. The van der Waals surface area contributed by atoms with Gasteiger partial charge in [0.05, 0.1) is 12.0 Å². The number of anilines is 2. The highest BCUT2D eigenvalue weighted by atomic mass is 32.1. The van der Waals surface area contributed by atoms with Crippen molar-refractivity contribution in [3.63, 3.8) is 0 Å². The number of nitrogen functional groups attached to an aromatic ring is 1. The van der Waals surface area contributed by atoms with E-state index in [0.717, 1.165) is 56.5 Å². The van der Waals surface area contributed by atoms with E-state index in [-0.39, 0.29) is 28.2 Å². The predicted molar refractivity (Wildman–Crippen MR) is 151 cm³/mol. The average molecular weight is 550 g/mol. The van der Waals surface area contributed by atoms with Crippen molar-refractivity contribution in [3.8, 4) is 0 Å². The minimum absolute atomic E-state index is 0.0317. The average Bonchev–Trinajstić information content (AvgIpc) is 3.62. The number of rotatable bonds is 8. The zero-order valence-electron chi connectivity index (χ0n) is 21.9. The zero-order valence-corrected chi connectivity index (χ0v) is 22.8. The molecule has 0 unspecified atom stereocenters. The molecule has 3 aromatic rings. The fraction of sp³-hybridized carbons (Fsp3) is 0.448. The van der Waals surface area contributed by atoms with E-state index < -0.39 is 17.9 Å². The summed E-state index contributed by atoms with van der Waals surface area (Å²) >= 11 is 0.794. The van der Waals surface area contributed by atoms with Crippen LogP contribution < -0.4 is 21.7 Å². The van der Waals surface area contributed by atoms with Gasteiger partial charge in [0, 0.05) is 11.7 Å². The number of hydrogen-bond donors (Lipinski definition) is 3. The van der Waals surface area contributed by atoms with E-state index in [2.05, 4.69) is 9.69 Å². The molecule has 3 amide bonds. The van der Waals surface area contributed by atoms with Crippen molar-refractivity contribution in [2.45, 2.75) is 82.2 Å². The largest absolute Gasteiger partial charge is 0.467 e. The second kappa shape index (κ2) is 12.0. The lowest BCUT2D eigenvalue weighted by Crippen LogP contribution is -2.47. The van der Waals surface area contributed by atoms with Gasteiger partial charge in [-0.1, -0.05) is 50.7 Å². The van der Waals surface area contributed by atoms with E-state index in [9.17, 15) is 14.4 Å². The van der Waals surface area contributed by atoms with Gasteiger partial charge in [-0.25, -0.2) is 0 Å². The maximum absolute atomic E-state index is 14.2. The van der Waals surface area contributed by atoms with Crippen molar-refractivity contribution in [2.24, 2.45) is 5.73 Å². The highest BCUT2D eigenvalue weighted by Crippen LogP contribution is 2.37. The van der Waals surface area contributed by atoms with Crippen LogP contribution in [-0.4, -0.2) is 28.1 Å². The normalized spacial score (nSPS) is 17.4. The molecule has 2 aliphatic rings. The van der Waals surface area contributed by atoms with Crippen LogP contribution in [0.5, 0.6) is 0 Å². The molecule has 5 rings (SSSR count). The van der Waals surface area contributed by atoms with Crippen LogP contribution in [0.3, 0.4) is 0 Å². The number of amides is 3. The molecule has 0 spiro atoms. The predicted octanol–water partition coefficient (Wildman–Crippen LogP) is 5.30. The third-order valence-electron chi connectivity index (χ3n) is 7.89. The van der Waals surface area contributed by atoms with Crippen LogP contribution in [-0.2, 0) is 4.79 Å². The molecule has 1 atom stereocenters. The Morgan fingerprint density at radius 2 is 1.64 bits per heavy atom. The topological polar surface area (TPSA) is 145 Å². The van der Waals surface area contributed by atoms with Gasteiger partial charge in [0.2, 0.25) is 0 Å². The summed E-state index contributed by atoms with van der Waals surface area (Å²) in [6.45, 7) is 0. The summed E-state index contributed by atoms with van der Waals surface area (Å²) in [4.78, 5) is 41.3. The maximum atomic E-state index is 14.2. The summed E-state index contributed by atoms with van der Waals surface area (Å²) in [7, 11) is 0. The number of carbonyl (C=O) groups excluding carboxylic acids is 3. The van der Waals surface area contributed by atoms with Crippen LogP contribution >= 0.6 is 11.5 Å². The molecule has 2 fully saturated rings. The highest BCUT2D eigenvalue weighted by Gasteiger charge is 2.38. The van der Waals surface area contributed by atoms with Gasteiger partial charge in [-0.15, -0.1) is 0 Å². The van der Waals surface area contributed by atoms with Crippen LogP contribution in [0.1, 0.15) is 108 Å². The van der Waals surface area contributed by atoms with E-state index in [1.807, 2.05) is 24.3 Å². The highest BCUT2D eigenvalue weighted by molar-refractivity contribution is 7.09. The lowest BCUT2D eigenvalue weighted by atomic mass is 9.84. The molecule has 206 valence electrons. The van der Waals surface area contributed by atoms with Crippen molar-refractivity contribution < 1.29 is 18.8 Å². The van der Waals surface area contributed by atoms with E-state index >= 15 is 0 Å². The number of furan rings is 1. The Morgan fingerprint density at radius 3 is 2.23 bits per heavy atom. The van der Waals surface area contributed by atoms with Gasteiger partial charge in [-0.3, -0.25) is 19.3 Å². The minimum Gasteiger partial charge on any atom is -0.467 e. The Morgan fingerprint density at radius 1 is 0.974 bits per heavy atom. The van der Waals surface area contributed by atoms with E-state index in [1.165, 1.54) is 36.0 Å². The molecule has 5 N–H and O–H groups in total. The fourth-order valence-electron chi connectivity index (χ4n) is 5.81.